The summed E-state index contributed by atoms with van der Waals surface area (Å²) in [6.45, 7) is 2.39. The van der Waals surface area contributed by atoms with Crippen molar-refractivity contribution in [1.29, 1.82) is 0 Å². The van der Waals surface area contributed by atoms with E-state index in [1.807, 2.05) is 55.5 Å². The number of ether oxygens (including phenoxy) is 1. The zero-order chi connectivity index (χ0) is 19.9. The third-order valence-electron chi connectivity index (χ3n) is 4.14. The van der Waals surface area contributed by atoms with Gasteiger partial charge in [0, 0.05) is 25.2 Å². The smallest absolute Gasteiger partial charge is 0.225 e. The van der Waals surface area contributed by atoms with Crippen LogP contribution in [0.15, 0.2) is 48.5 Å². The molecular formula is C20H26N2O4S. The Labute approximate surface area is 161 Å². The average Bonchev–Trinajstić information content (AvgIpc) is 2.60. The van der Waals surface area contributed by atoms with Crippen LogP contribution in [0.25, 0.3) is 0 Å². The first-order valence-electron chi connectivity index (χ1n) is 8.72. The molecule has 0 aliphatic heterocycles. The minimum absolute atomic E-state index is 0.0964. The van der Waals surface area contributed by atoms with Gasteiger partial charge in [0.15, 0.2) is 0 Å². The van der Waals surface area contributed by atoms with Crippen LogP contribution in [0.5, 0.6) is 5.75 Å². The van der Waals surface area contributed by atoms with Crippen LogP contribution < -0.4 is 10.1 Å². The van der Waals surface area contributed by atoms with Crippen LogP contribution in [0.3, 0.4) is 0 Å². The number of carbonyl (C=O) groups is 1. The molecule has 0 fully saturated rings. The standard InChI is InChI=1S/C20H26N2O4S/c1-16-6-4-8-18(14-16)21-20(23)11-13-22(27(3,24)25)12-10-17-7-5-9-19(15-17)26-2/h4-9,14-15H,10-13H2,1-3H3,(H,21,23). The molecule has 0 spiro atoms. The molecule has 6 nitrogen and oxygen atoms in total. The molecule has 0 saturated carbocycles. The summed E-state index contributed by atoms with van der Waals surface area (Å²) < 4.78 is 30.6. The Morgan fingerprint density at radius 2 is 1.85 bits per heavy atom. The summed E-state index contributed by atoms with van der Waals surface area (Å²) in [6.07, 6.45) is 1.81. The summed E-state index contributed by atoms with van der Waals surface area (Å²) in [5.41, 5.74) is 2.73. The van der Waals surface area contributed by atoms with E-state index in [1.54, 1.807) is 7.11 Å². The van der Waals surface area contributed by atoms with Crippen LogP contribution in [0.1, 0.15) is 17.5 Å². The summed E-state index contributed by atoms with van der Waals surface area (Å²) >= 11 is 0. The van der Waals surface area contributed by atoms with Crippen LogP contribution in [0.4, 0.5) is 5.69 Å². The molecule has 1 amide bonds. The quantitative estimate of drug-likeness (QED) is 0.714. The predicted molar refractivity (Wildman–Crippen MR) is 108 cm³/mol. The molecule has 2 rings (SSSR count). The number of rotatable bonds is 9. The number of methoxy groups -OCH3 is 1. The second-order valence-electron chi connectivity index (χ2n) is 6.43. The van der Waals surface area contributed by atoms with E-state index in [0.717, 1.165) is 23.1 Å². The van der Waals surface area contributed by atoms with Gasteiger partial charge in [0.25, 0.3) is 0 Å². The van der Waals surface area contributed by atoms with E-state index in [0.29, 0.717) is 18.7 Å². The van der Waals surface area contributed by atoms with E-state index in [-0.39, 0.29) is 18.9 Å². The highest BCUT2D eigenvalue weighted by atomic mass is 32.2. The molecule has 0 aliphatic rings. The maximum Gasteiger partial charge on any atom is 0.225 e. The van der Waals surface area contributed by atoms with E-state index < -0.39 is 10.0 Å². The summed E-state index contributed by atoms with van der Waals surface area (Å²) in [4.78, 5) is 12.2. The van der Waals surface area contributed by atoms with Gasteiger partial charge in [-0.3, -0.25) is 4.79 Å². The monoisotopic (exact) mass is 390 g/mol. The first kappa shape index (κ1) is 20.9. The Morgan fingerprint density at radius 1 is 1.11 bits per heavy atom. The normalized spacial score (nSPS) is 11.4. The van der Waals surface area contributed by atoms with Crippen molar-refractivity contribution in [3.05, 3.63) is 59.7 Å². The van der Waals surface area contributed by atoms with Gasteiger partial charge in [-0.15, -0.1) is 0 Å². The number of nitrogens with one attached hydrogen (secondary N) is 1. The summed E-state index contributed by atoms with van der Waals surface area (Å²) in [5.74, 6) is 0.520. The molecule has 7 heteroatoms. The van der Waals surface area contributed by atoms with E-state index in [1.165, 1.54) is 4.31 Å². The first-order chi connectivity index (χ1) is 12.8. The number of amides is 1. The van der Waals surface area contributed by atoms with Crippen molar-refractivity contribution in [2.45, 2.75) is 19.8 Å². The van der Waals surface area contributed by atoms with Crippen molar-refractivity contribution in [1.82, 2.24) is 4.31 Å². The highest BCUT2D eigenvalue weighted by Crippen LogP contribution is 2.14. The number of sulfonamides is 1. The third-order valence-corrected chi connectivity index (χ3v) is 5.45. The van der Waals surface area contributed by atoms with Crippen molar-refractivity contribution >= 4 is 21.6 Å². The Balaban J connectivity index is 1.93. The van der Waals surface area contributed by atoms with E-state index in [2.05, 4.69) is 5.32 Å². The zero-order valence-electron chi connectivity index (χ0n) is 15.9. The Bertz CT molecular complexity index is 881. The number of aryl methyl sites for hydroxylation is 1. The van der Waals surface area contributed by atoms with Crippen LogP contribution >= 0.6 is 0 Å². The number of anilines is 1. The first-order valence-corrected chi connectivity index (χ1v) is 10.6. The highest BCUT2D eigenvalue weighted by molar-refractivity contribution is 7.88. The predicted octanol–water partition coefficient (Wildman–Crippen LogP) is 2.84. The molecule has 0 heterocycles. The molecule has 0 aliphatic carbocycles. The molecule has 2 aromatic rings. The number of carbonyl (C=O) groups excluding carboxylic acids is 1. The van der Waals surface area contributed by atoms with Crippen molar-refractivity contribution in [3.8, 4) is 5.75 Å². The van der Waals surface area contributed by atoms with Gasteiger partial charge in [0.05, 0.1) is 13.4 Å². The Kier molecular flexibility index (Phi) is 7.38. The highest BCUT2D eigenvalue weighted by Gasteiger charge is 2.18. The molecule has 0 atom stereocenters. The van der Waals surface area contributed by atoms with Gasteiger partial charge in [0.1, 0.15) is 5.75 Å². The lowest BCUT2D eigenvalue weighted by molar-refractivity contribution is -0.116. The topological polar surface area (TPSA) is 75.7 Å². The molecule has 0 radical (unpaired) electrons. The molecule has 146 valence electrons. The second kappa shape index (κ2) is 9.53. The van der Waals surface area contributed by atoms with Gasteiger partial charge in [-0.05, 0) is 48.7 Å². The van der Waals surface area contributed by atoms with E-state index in [9.17, 15) is 13.2 Å². The lowest BCUT2D eigenvalue weighted by Gasteiger charge is -2.20. The van der Waals surface area contributed by atoms with Crippen molar-refractivity contribution in [3.63, 3.8) is 0 Å². The van der Waals surface area contributed by atoms with Gasteiger partial charge in [0.2, 0.25) is 15.9 Å². The fourth-order valence-electron chi connectivity index (χ4n) is 2.70. The maximum atomic E-state index is 12.2. The average molecular weight is 391 g/mol. The minimum atomic E-state index is -3.40. The van der Waals surface area contributed by atoms with Crippen molar-refractivity contribution in [2.75, 3.05) is 31.8 Å². The second-order valence-corrected chi connectivity index (χ2v) is 8.41. The SMILES string of the molecule is COc1cccc(CCN(CCC(=O)Nc2cccc(C)c2)S(C)(=O)=O)c1. The van der Waals surface area contributed by atoms with Crippen molar-refractivity contribution in [2.24, 2.45) is 0 Å². The lowest BCUT2D eigenvalue weighted by atomic mass is 10.1. The van der Waals surface area contributed by atoms with Crippen LogP contribution in [-0.4, -0.2) is 45.1 Å². The summed E-state index contributed by atoms with van der Waals surface area (Å²) in [7, 11) is -1.81. The van der Waals surface area contributed by atoms with Crippen LogP contribution in [-0.2, 0) is 21.2 Å². The minimum Gasteiger partial charge on any atom is -0.497 e. The van der Waals surface area contributed by atoms with Crippen molar-refractivity contribution < 1.29 is 17.9 Å². The van der Waals surface area contributed by atoms with E-state index in [4.69, 9.17) is 4.74 Å². The van der Waals surface area contributed by atoms with Gasteiger partial charge in [-0.25, -0.2) is 12.7 Å². The zero-order valence-corrected chi connectivity index (χ0v) is 16.8. The third kappa shape index (κ3) is 7.03. The van der Waals surface area contributed by atoms with E-state index >= 15 is 0 Å². The fraction of sp³-hybridized carbons (Fsp3) is 0.350. The molecule has 2 aromatic carbocycles. The number of hydrogen-bond donors (Lipinski definition) is 1. The fourth-order valence-corrected chi connectivity index (χ4v) is 3.54. The number of benzene rings is 2. The lowest BCUT2D eigenvalue weighted by Crippen LogP contribution is -2.34. The molecule has 0 bridgehead atoms. The summed E-state index contributed by atoms with van der Waals surface area (Å²) in [6, 6.07) is 15.0. The van der Waals surface area contributed by atoms with Crippen LogP contribution in [0.2, 0.25) is 0 Å². The van der Waals surface area contributed by atoms with Gasteiger partial charge in [-0.1, -0.05) is 24.3 Å². The van der Waals surface area contributed by atoms with Gasteiger partial charge >= 0.3 is 0 Å². The largest absolute Gasteiger partial charge is 0.497 e. The molecule has 0 aromatic heterocycles. The molecule has 0 saturated heterocycles. The molecular weight excluding hydrogens is 364 g/mol. The van der Waals surface area contributed by atoms with Crippen LogP contribution in [0, 0.1) is 6.92 Å². The number of hydrogen-bond acceptors (Lipinski definition) is 4. The Morgan fingerprint density at radius 3 is 2.52 bits per heavy atom. The summed E-state index contributed by atoms with van der Waals surface area (Å²) in [5, 5.41) is 2.80. The van der Waals surface area contributed by atoms with Gasteiger partial charge < -0.3 is 10.1 Å². The molecule has 0 unspecified atom stereocenters. The van der Waals surface area contributed by atoms with Gasteiger partial charge in [-0.2, -0.15) is 0 Å². The Hall–Kier alpha value is -2.38. The molecule has 27 heavy (non-hydrogen) atoms. The maximum absolute atomic E-state index is 12.2. The number of nitrogens with zero attached hydrogens (tertiary/aromatic N) is 1. The molecule has 1 N–H and O–H groups in total.